The van der Waals surface area contributed by atoms with Gasteiger partial charge in [-0.1, -0.05) is 22.9 Å². The number of thiazole rings is 1. The Morgan fingerprint density at radius 1 is 1.55 bits per heavy atom. The molecular formula is C11H16ClN3O3S2. The van der Waals surface area contributed by atoms with E-state index in [-0.39, 0.29) is 20.5 Å². The quantitative estimate of drug-likeness (QED) is 0.899. The van der Waals surface area contributed by atoms with Gasteiger partial charge in [0.05, 0.1) is 6.20 Å². The van der Waals surface area contributed by atoms with Crippen LogP contribution in [0.25, 0.3) is 0 Å². The zero-order valence-corrected chi connectivity index (χ0v) is 13.4. The van der Waals surface area contributed by atoms with Gasteiger partial charge in [0.2, 0.25) is 5.91 Å². The smallest absolute Gasteiger partial charge is 0.254 e. The molecule has 0 unspecified atom stereocenters. The summed E-state index contributed by atoms with van der Waals surface area (Å²) in [5.74, 6) is -0.100. The molecule has 1 N–H and O–H groups in total. The molecule has 1 aliphatic heterocycles. The van der Waals surface area contributed by atoms with Crippen LogP contribution in [-0.4, -0.2) is 43.2 Å². The van der Waals surface area contributed by atoms with Crippen LogP contribution in [-0.2, 0) is 14.8 Å². The molecule has 1 aromatic rings. The summed E-state index contributed by atoms with van der Waals surface area (Å²) in [6.07, 6.45) is 2.35. The molecule has 0 bridgehead atoms. The summed E-state index contributed by atoms with van der Waals surface area (Å²) in [6.45, 7) is 3.15. The normalized spacial score (nSPS) is 18.1. The standard InChI is InChI=1S/C11H16ClN3O3S2/c1-2-13-10(16)8-3-5-15(6-4-8)20(17,18)9-7-14-11(12)19-9/h7-8H,2-6H2,1H3,(H,13,16). The molecule has 1 aromatic heterocycles. The molecule has 0 saturated carbocycles. The highest BCUT2D eigenvalue weighted by molar-refractivity contribution is 7.91. The maximum atomic E-state index is 12.3. The van der Waals surface area contributed by atoms with Gasteiger partial charge < -0.3 is 5.32 Å². The molecule has 0 aliphatic carbocycles. The second kappa shape index (κ2) is 6.38. The molecule has 0 spiro atoms. The molecule has 1 aliphatic rings. The van der Waals surface area contributed by atoms with Crippen molar-refractivity contribution in [3.8, 4) is 0 Å². The minimum Gasteiger partial charge on any atom is -0.356 e. The van der Waals surface area contributed by atoms with Gasteiger partial charge in [0.1, 0.15) is 0 Å². The van der Waals surface area contributed by atoms with E-state index in [0.29, 0.717) is 32.5 Å². The van der Waals surface area contributed by atoms with Crippen LogP contribution in [0.15, 0.2) is 10.4 Å². The summed E-state index contributed by atoms with van der Waals surface area (Å²) < 4.78 is 26.4. The van der Waals surface area contributed by atoms with Gasteiger partial charge in [0.25, 0.3) is 10.0 Å². The summed E-state index contributed by atoms with van der Waals surface area (Å²) in [6, 6.07) is 0. The third-order valence-corrected chi connectivity index (χ3v) is 6.68. The largest absolute Gasteiger partial charge is 0.356 e. The van der Waals surface area contributed by atoms with Crippen LogP contribution < -0.4 is 5.32 Å². The van der Waals surface area contributed by atoms with Crippen LogP contribution in [0.5, 0.6) is 0 Å². The van der Waals surface area contributed by atoms with Crippen molar-refractivity contribution in [1.29, 1.82) is 0 Å². The number of aromatic nitrogens is 1. The van der Waals surface area contributed by atoms with E-state index < -0.39 is 10.0 Å². The second-order valence-electron chi connectivity index (χ2n) is 4.51. The van der Waals surface area contributed by atoms with Gasteiger partial charge in [-0.2, -0.15) is 4.31 Å². The van der Waals surface area contributed by atoms with E-state index in [0.717, 1.165) is 11.3 Å². The van der Waals surface area contributed by atoms with Crippen LogP contribution in [0.3, 0.4) is 0 Å². The van der Waals surface area contributed by atoms with Gasteiger partial charge in [0, 0.05) is 25.6 Å². The van der Waals surface area contributed by atoms with Gasteiger partial charge in [-0.25, -0.2) is 13.4 Å². The number of hydrogen-bond donors (Lipinski definition) is 1. The first-order chi connectivity index (χ1) is 9.45. The second-order valence-corrected chi connectivity index (χ2v) is 8.28. The predicted octanol–water partition coefficient (Wildman–Crippen LogP) is 1.33. The molecule has 0 aromatic carbocycles. The molecule has 1 amide bonds. The lowest BCUT2D eigenvalue weighted by Crippen LogP contribution is -2.42. The molecule has 1 fully saturated rings. The number of carbonyl (C=O) groups excluding carboxylic acids is 1. The van der Waals surface area contributed by atoms with Crippen LogP contribution in [0.1, 0.15) is 19.8 Å². The number of carbonyl (C=O) groups is 1. The first kappa shape index (κ1) is 15.7. The van der Waals surface area contributed by atoms with E-state index in [1.54, 1.807) is 0 Å². The molecular weight excluding hydrogens is 322 g/mol. The fourth-order valence-electron chi connectivity index (χ4n) is 2.16. The summed E-state index contributed by atoms with van der Waals surface area (Å²) in [5.41, 5.74) is 0. The predicted molar refractivity (Wildman–Crippen MR) is 77.3 cm³/mol. The Morgan fingerprint density at radius 2 is 2.20 bits per heavy atom. The summed E-state index contributed by atoms with van der Waals surface area (Å²) in [4.78, 5) is 15.5. The number of halogens is 1. The Bertz CT molecular complexity index is 579. The number of rotatable bonds is 4. The van der Waals surface area contributed by atoms with Gasteiger partial charge in [-0.05, 0) is 19.8 Å². The molecule has 9 heteroatoms. The summed E-state index contributed by atoms with van der Waals surface area (Å²) in [5, 5.41) is 2.77. The van der Waals surface area contributed by atoms with Crippen LogP contribution in [0.4, 0.5) is 0 Å². The van der Waals surface area contributed by atoms with Crippen molar-refractivity contribution in [3.05, 3.63) is 10.7 Å². The Morgan fingerprint density at radius 3 is 2.70 bits per heavy atom. The molecule has 112 valence electrons. The average molecular weight is 338 g/mol. The Labute approximate surface area is 127 Å². The molecule has 6 nitrogen and oxygen atoms in total. The molecule has 20 heavy (non-hydrogen) atoms. The monoisotopic (exact) mass is 337 g/mol. The van der Waals surface area contributed by atoms with Crippen molar-refractivity contribution in [3.63, 3.8) is 0 Å². The number of piperidine rings is 1. The fraction of sp³-hybridized carbons (Fsp3) is 0.636. The molecule has 1 saturated heterocycles. The van der Waals surface area contributed by atoms with E-state index in [1.807, 2.05) is 6.92 Å². The number of nitrogens with zero attached hydrogens (tertiary/aromatic N) is 2. The van der Waals surface area contributed by atoms with E-state index in [1.165, 1.54) is 10.5 Å². The third kappa shape index (κ3) is 3.30. The van der Waals surface area contributed by atoms with E-state index in [4.69, 9.17) is 11.6 Å². The lowest BCUT2D eigenvalue weighted by atomic mass is 9.97. The minimum atomic E-state index is -3.53. The summed E-state index contributed by atoms with van der Waals surface area (Å²) in [7, 11) is -3.53. The van der Waals surface area contributed by atoms with Crippen molar-refractivity contribution in [1.82, 2.24) is 14.6 Å². The highest BCUT2D eigenvalue weighted by atomic mass is 35.5. The van der Waals surface area contributed by atoms with Crippen molar-refractivity contribution in [2.24, 2.45) is 5.92 Å². The first-order valence-corrected chi connectivity index (χ1v) is 8.97. The Hall–Kier alpha value is -0.700. The Kier molecular flexibility index (Phi) is 5.00. The van der Waals surface area contributed by atoms with E-state index in [2.05, 4.69) is 10.3 Å². The average Bonchev–Trinajstić information content (AvgIpc) is 2.86. The molecule has 2 heterocycles. The highest BCUT2D eigenvalue weighted by Gasteiger charge is 2.32. The topological polar surface area (TPSA) is 79.4 Å². The lowest BCUT2D eigenvalue weighted by molar-refractivity contribution is -0.126. The maximum Gasteiger partial charge on any atom is 0.254 e. The molecule has 0 radical (unpaired) electrons. The van der Waals surface area contributed by atoms with Gasteiger partial charge in [0.15, 0.2) is 8.68 Å². The number of amides is 1. The SMILES string of the molecule is CCNC(=O)C1CCN(S(=O)(=O)c2cnc(Cl)s2)CC1. The van der Waals surface area contributed by atoms with Crippen molar-refractivity contribution in [2.75, 3.05) is 19.6 Å². The maximum absolute atomic E-state index is 12.3. The van der Waals surface area contributed by atoms with Crippen LogP contribution >= 0.6 is 22.9 Å². The highest BCUT2D eigenvalue weighted by Crippen LogP contribution is 2.28. The molecule has 2 rings (SSSR count). The van der Waals surface area contributed by atoms with Gasteiger partial charge >= 0.3 is 0 Å². The zero-order valence-electron chi connectivity index (χ0n) is 11.0. The van der Waals surface area contributed by atoms with Crippen LogP contribution in [0, 0.1) is 5.92 Å². The lowest BCUT2D eigenvalue weighted by Gasteiger charge is -2.29. The van der Waals surface area contributed by atoms with E-state index >= 15 is 0 Å². The number of sulfonamides is 1. The van der Waals surface area contributed by atoms with Crippen LogP contribution in [0.2, 0.25) is 4.47 Å². The van der Waals surface area contributed by atoms with Crippen molar-refractivity contribution < 1.29 is 13.2 Å². The minimum absolute atomic E-state index is 0.00498. The zero-order chi connectivity index (χ0) is 14.8. The van der Waals surface area contributed by atoms with Crippen molar-refractivity contribution >= 4 is 38.9 Å². The number of hydrogen-bond acceptors (Lipinski definition) is 5. The van der Waals surface area contributed by atoms with Crippen molar-refractivity contribution in [2.45, 2.75) is 24.0 Å². The fourth-order valence-corrected chi connectivity index (χ4v) is 5.08. The van der Waals surface area contributed by atoms with Gasteiger partial charge in [-0.15, -0.1) is 0 Å². The number of nitrogens with one attached hydrogen (secondary N) is 1. The molecule has 0 atom stereocenters. The van der Waals surface area contributed by atoms with Gasteiger partial charge in [-0.3, -0.25) is 4.79 Å². The third-order valence-electron chi connectivity index (χ3n) is 3.23. The Balaban J connectivity index is 2.02. The van der Waals surface area contributed by atoms with E-state index in [9.17, 15) is 13.2 Å². The summed E-state index contributed by atoms with van der Waals surface area (Å²) >= 11 is 6.63. The first-order valence-electron chi connectivity index (χ1n) is 6.34.